The van der Waals surface area contributed by atoms with Crippen LogP contribution in [0.3, 0.4) is 0 Å². The predicted molar refractivity (Wildman–Crippen MR) is 61.9 cm³/mol. The molecule has 2 rings (SSSR count). The zero-order valence-corrected chi connectivity index (χ0v) is 9.91. The summed E-state index contributed by atoms with van der Waals surface area (Å²) in [6.07, 6.45) is 3.49. The monoisotopic (exact) mass is 238 g/mol. The van der Waals surface area contributed by atoms with Gasteiger partial charge in [-0.3, -0.25) is 4.98 Å². The van der Waals surface area contributed by atoms with E-state index in [1.54, 1.807) is 11.7 Å². The first-order chi connectivity index (χ1) is 7.79. The standard InChI is InChI=1S/C10H14N4OS/c1-7(4-11)2-3-9-13-10(14-15-9)8-5-12-6-16-8/h5-7H,2-4,11H2,1H3. The summed E-state index contributed by atoms with van der Waals surface area (Å²) < 4.78 is 5.16. The van der Waals surface area contributed by atoms with E-state index in [2.05, 4.69) is 22.0 Å². The maximum absolute atomic E-state index is 5.55. The van der Waals surface area contributed by atoms with Gasteiger partial charge in [0.15, 0.2) is 0 Å². The molecular formula is C10H14N4OS. The van der Waals surface area contributed by atoms with Crippen LogP contribution in [-0.4, -0.2) is 21.7 Å². The summed E-state index contributed by atoms with van der Waals surface area (Å²) in [7, 11) is 0. The Labute approximate surface area is 97.7 Å². The lowest BCUT2D eigenvalue weighted by Crippen LogP contribution is -2.11. The average molecular weight is 238 g/mol. The van der Waals surface area contributed by atoms with E-state index >= 15 is 0 Å². The molecule has 2 heterocycles. The lowest BCUT2D eigenvalue weighted by atomic mass is 10.1. The van der Waals surface area contributed by atoms with Gasteiger partial charge in [0.05, 0.1) is 10.4 Å². The molecule has 0 amide bonds. The van der Waals surface area contributed by atoms with Gasteiger partial charge in [-0.05, 0) is 18.9 Å². The highest BCUT2D eigenvalue weighted by molar-refractivity contribution is 7.13. The minimum absolute atomic E-state index is 0.485. The van der Waals surface area contributed by atoms with Crippen molar-refractivity contribution in [3.8, 4) is 10.7 Å². The molecule has 0 radical (unpaired) electrons. The molecule has 1 unspecified atom stereocenters. The van der Waals surface area contributed by atoms with Crippen molar-refractivity contribution in [2.24, 2.45) is 11.7 Å². The van der Waals surface area contributed by atoms with Crippen molar-refractivity contribution in [1.29, 1.82) is 0 Å². The molecule has 0 aliphatic rings. The Balaban J connectivity index is 1.98. The fourth-order valence-electron chi connectivity index (χ4n) is 1.27. The molecule has 0 aliphatic heterocycles. The van der Waals surface area contributed by atoms with E-state index in [1.165, 1.54) is 11.3 Å². The average Bonchev–Trinajstić information content (AvgIpc) is 2.95. The topological polar surface area (TPSA) is 77.8 Å². The molecule has 16 heavy (non-hydrogen) atoms. The third-order valence-corrected chi connectivity index (χ3v) is 3.14. The van der Waals surface area contributed by atoms with Gasteiger partial charge < -0.3 is 10.3 Å². The van der Waals surface area contributed by atoms with Crippen molar-refractivity contribution in [3.63, 3.8) is 0 Å². The lowest BCUT2D eigenvalue weighted by molar-refractivity contribution is 0.366. The second-order valence-corrected chi connectivity index (χ2v) is 4.64. The van der Waals surface area contributed by atoms with Crippen LogP contribution >= 0.6 is 11.3 Å². The van der Waals surface area contributed by atoms with Crippen molar-refractivity contribution < 1.29 is 4.52 Å². The van der Waals surface area contributed by atoms with Gasteiger partial charge in [-0.15, -0.1) is 11.3 Å². The fraction of sp³-hybridized carbons (Fsp3) is 0.500. The van der Waals surface area contributed by atoms with Gasteiger partial charge in [-0.2, -0.15) is 4.98 Å². The molecule has 5 nitrogen and oxygen atoms in total. The largest absolute Gasteiger partial charge is 0.339 e. The van der Waals surface area contributed by atoms with Crippen LogP contribution in [0.15, 0.2) is 16.2 Å². The minimum Gasteiger partial charge on any atom is -0.339 e. The molecule has 0 saturated carbocycles. The molecule has 2 aromatic rings. The summed E-state index contributed by atoms with van der Waals surface area (Å²) in [5, 5.41) is 3.92. The first kappa shape index (κ1) is 11.2. The predicted octanol–water partition coefficient (Wildman–Crippen LogP) is 1.72. The molecule has 2 aromatic heterocycles. The van der Waals surface area contributed by atoms with Crippen LogP contribution in [0.1, 0.15) is 19.2 Å². The zero-order chi connectivity index (χ0) is 11.4. The first-order valence-electron chi connectivity index (χ1n) is 5.21. The summed E-state index contributed by atoms with van der Waals surface area (Å²) in [5.41, 5.74) is 7.30. The van der Waals surface area contributed by atoms with Crippen LogP contribution < -0.4 is 5.73 Å². The molecule has 86 valence electrons. The Bertz CT molecular complexity index is 426. The molecular weight excluding hydrogens is 224 g/mol. The molecule has 0 aliphatic carbocycles. The number of aromatic nitrogens is 3. The van der Waals surface area contributed by atoms with Crippen LogP contribution in [0.2, 0.25) is 0 Å². The Morgan fingerprint density at radius 3 is 3.12 bits per heavy atom. The Kier molecular flexibility index (Phi) is 3.63. The SMILES string of the molecule is CC(CN)CCc1nc(-c2cncs2)no1. The van der Waals surface area contributed by atoms with Gasteiger partial charge in [0.25, 0.3) is 0 Å². The van der Waals surface area contributed by atoms with Gasteiger partial charge in [0, 0.05) is 12.6 Å². The van der Waals surface area contributed by atoms with Gasteiger partial charge >= 0.3 is 0 Å². The molecule has 2 N–H and O–H groups in total. The number of aryl methyl sites for hydroxylation is 1. The van der Waals surface area contributed by atoms with Crippen molar-refractivity contribution in [2.75, 3.05) is 6.54 Å². The number of thiazole rings is 1. The lowest BCUT2D eigenvalue weighted by Gasteiger charge is -2.03. The number of nitrogens with two attached hydrogens (primary N) is 1. The van der Waals surface area contributed by atoms with E-state index < -0.39 is 0 Å². The number of rotatable bonds is 5. The number of hydrogen-bond acceptors (Lipinski definition) is 6. The summed E-state index contributed by atoms with van der Waals surface area (Å²) >= 11 is 1.50. The first-order valence-corrected chi connectivity index (χ1v) is 6.09. The van der Waals surface area contributed by atoms with E-state index in [0.29, 0.717) is 24.2 Å². The maximum Gasteiger partial charge on any atom is 0.226 e. The van der Waals surface area contributed by atoms with Gasteiger partial charge in [0.1, 0.15) is 0 Å². The highest BCUT2D eigenvalue weighted by Crippen LogP contribution is 2.20. The van der Waals surface area contributed by atoms with E-state index in [-0.39, 0.29) is 0 Å². The quantitative estimate of drug-likeness (QED) is 0.858. The van der Waals surface area contributed by atoms with Crippen LogP contribution in [0.25, 0.3) is 10.7 Å². The third kappa shape index (κ3) is 2.65. The minimum atomic E-state index is 0.485. The Morgan fingerprint density at radius 2 is 2.44 bits per heavy atom. The van der Waals surface area contributed by atoms with Crippen LogP contribution in [0, 0.1) is 5.92 Å². The summed E-state index contributed by atoms with van der Waals surface area (Å²) in [4.78, 5) is 9.22. The highest BCUT2D eigenvalue weighted by Gasteiger charge is 2.10. The Hall–Kier alpha value is -1.27. The van der Waals surface area contributed by atoms with E-state index in [9.17, 15) is 0 Å². The maximum atomic E-state index is 5.55. The van der Waals surface area contributed by atoms with Crippen molar-refractivity contribution in [1.82, 2.24) is 15.1 Å². The second-order valence-electron chi connectivity index (χ2n) is 3.76. The van der Waals surface area contributed by atoms with Crippen LogP contribution in [-0.2, 0) is 6.42 Å². The number of nitrogens with zero attached hydrogens (tertiary/aromatic N) is 3. The Morgan fingerprint density at radius 1 is 1.56 bits per heavy atom. The van der Waals surface area contributed by atoms with Gasteiger partial charge in [-0.1, -0.05) is 12.1 Å². The molecule has 0 spiro atoms. The molecule has 0 bridgehead atoms. The fourth-order valence-corrected chi connectivity index (χ4v) is 1.82. The third-order valence-electron chi connectivity index (χ3n) is 2.37. The van der Waals surface area contributed by atoms with Gasteiger partial charge in [-0.25, -0.2) is 0 Å². The van der Waals surface area contributed by atoms with E-state index in [1.807, 2.05) is 0 Å². The summed E-state index contributed by atoms with van der Waals surface area (Å²) in [6.45, 7) is 2.80. The summed E-state index contributed by atoms with van der Waals surface area (Å²) in [6, 6.07) is 0. The van der Waals surface area contributed by atoms with Crippen molar-refractivity contribution in [3.05, 3.63) is 17.6 Å². The molecule has 1 atom stereocenters. The van der Waals surface area contributed by atoms with E-state index in [4.69, 9.17) is 10.3 Å². The molecule has 0 fully saturated rings. The zero-order valence-electron chi connectivity index (χ0n) is 9.09. The van der Waals surface area contributed by atoms with E-state index in [0.717, 1.165) is 17.7 Å². The normalized spacial score (nSPS) is 12.9. The molecule has 0 saturated heterocycles. The van der Waals surface area contributed by atoms with Crippen molar-refractivity contribution >= 4 is 11.3 Å². The van der Waals surface area contributed by atoms with Crippen molar-refractivity contribution in [2.45, 2.75) is 19.8 Å². The summed E-state index contributed by atoms with van der Waals surface area (Å²) in [5.74, 6) is 1.78. The van der Waals surface area contributed by atoms with Gasteiger partial charge in [0.2, 0.25) is 11.7 Å². The van der Waals surface area contributed by atoms with Crippen LogP contribution in [0.4, 0.5) is 0 Å². The highest BCUT2D eigenvalue weighted by atomic mass is 32.1. The molecule has 0 aromatic carbocycles. The second kappa shape index (κ2) is 5.18. The van der Waals surface area contributed by atoms with Crippen LogP contribution in [0.5, 0.6) is 0 Å². The smallest absolute Gasteiger partial charge is 0.226 e. The molecule has 6 heteroatoms. The number of hydrogen-bond donors (Lipinski definition) is 1.